The summed E-state index contributed by atoms with van der Waals surface area (Å²) in [6, 6.07) is 8.18. The number of halogens is 1. The van der Waals surface area contributed by atoms with Crippen LogP contribution in [0.3, 0.4) is 0 Å². The van der Waals surface area contributed by atoms with Gasteiger partial charge in [0, 0.05) is 11.4 Å². The molecule has 0 N–H and O–H groups in total. The third-order valence-electron chi connectivity index (χ3n) is 4.62. The van der Waals surface area contributed by atoms with Gasteiger partial charge in [0.05, 0.1) is 12.9 Å². The molecule has 2 aliphatic carbocycles. The Morgan fingerprint density at radius 3 is 2.39 bits per heavy atom. The van der Waals surface area contributed by atoms with Crippen LogP contribution in [0.25, 0.3) is 5.57 Å². The van der Waals surface area contributed by atoms with Gasteiger partial charge in [-0.25, -0.2) is 0 Å². The minimum absolute atomic E-state index is 0.580. The first-order valence-corrected chi connectivity index (χ1v) is 7.12. The fourth-order valence-corrected chi connectivity index (χ4v) is 3.46. The Morgan fingerprint density at radius 1 is 1.11 bits per heavy atom. The first-order chi connectivity index (χ1) is 8.72. The van der Waals surface area contributed by atoms with Gasteiger partial charge in [0.15, 0.2) is 0 Å². The van der Waals surface area contributed by atoms with Crippen molar-refractivity contribution in [2.75, 3.05) is 7.11 Å². The zero-order valence-corrected chi connectivity index (χ0v) is 11.6. The zero-order valence-electron chi connectivity index (χ0n) is 10.8. The summed E-state index contributed by atoms with van der Waals surface area (Å²) in [5.74, 6) is 1.18. The lowest BCUT2D eigenvalue weighted by Crippen LogP contribution is -2.32. The largest absolute Gasteiger partial charge is 0.501 e. The standard InChI is InChI=1S/C16H19ClO/c1-18-15-7-10-16(8-2-9-16)11-14(15)12-3-5-13(17)6-4-12/h3-6H,2,7-11H2,1H3. The molecule has 0 aromatic heterocycles. The molecular weight excluding hydrogens is 244 g/mol. The van der Waals surface area contributed by atoms with Crippen molar-refractivity contribution in [1.29, 1.82) is 0 Å². The summed E-state index contributed by atoms with van der Waals surface area (Å²) in [5.41, 5.74) is 3.26. The van der Waals surface area contributed by atoms with Crippen molar-refractivity contribution in [3.8, 4) is 0 Å². The average molecular weight is 263 g/mol. The number of benzene rings is 1. The molecule has 1 aromatic carbocycles. The molecule has 0 bridgehead atoms. The van der Waals surface area contributed by atoms with E-state index in [9.17, 15) is 0 Å². The third kappa shape index (κ3) is 2.05. The summed E-state index contributed by atoms with van der Waals surface area (Å²) in [4.78, 5) is 0. The Hall–Kier alpha value is -0.950. The molecule has 96 valence electrons. The van der Waals surface area contributed by atoms with Gasteiger partial charge in [-0.05, 0) is 54.4 Å². The van der Waals surface area contributed by atoms with Crippen molar-refractivity contribution >= 4 is 17.2 Å². The second-order valence-corrected chi connectivity index (χ2v) is 6.08. The van der Waals surface area contributed by atoms with Gasteiger partial charge in [0.2, 0.25) is 0 Å². The van der Waals surface area contributed by atoms with Crippen molar-refractivity contribution < 1.29 is 4.74 Å². The van der Waals surface area contributed by atoms with Crippen LogP contribution in [0.4, 0.5) is 0 Å². The molecule has 1 nitrogen and oxygen atoms in total. The van der Waals surface area contributed by atoms with Crippen molar-refractivity contribution in [2.24, 2.45) is 5.41 Å². The predicted molar refractivity (Wildman–Crippen MR) is 75.5 cm³/mol. The van der Waals surface area contributed by atoms with Gasteiger partial charge in [-0.15, -0.1) is 0 Å². The molecule has 0 saturated heterocycles. The van der Waals surface area contributed by atoms with Gasteiger partial charge in [-0.3, -0.25) is 0 Å². The van der Waals surface area contributed by atoms with Crippen LogP contribution in [-0.2, 0) is 4.74 Å². The Morgan fingerprint density at radius 2 is 1.83 bits per heavy atom. The smallest absolute Gasteiger partial charge is 0.0993 e. The Labute approximate surface area is 114 Å². The summed E-state index contributed by atoms with van der Waals surface area (Å²) in [6.45, 7) is 0. The third-order valence-corrected chi connectivity index (χ3v) is 4.88. The van der Waals surface area contributed by atoms with Crippen molar-refractivity contribution in [2.45, 2.75) is 38.5 Å². The molecule has 0 atom stereocenters. The number of allylic oxidation sites excluding steroid dienone is 2. The van der Waals surface area contributed by atoms with Gasteiger partial charge in [0.1, 0.15) is 0 Å². The first-order valence-electron chi connectivity index (χ1n) is 6.74. The van der Waals surface area contributed by atoms with Crippen LogP contribution in [0.5, 0.6) is 0 Å². The highest BCUT2D eigenvalue weighted by Gasteiger charge is 2.40. The molecule has 0 radical (unpaired) electrons. The van der Waals surface area contributed by atoms with Gasteiger partial charge in [-0.2, -0.15) is 0 Å². The van der Waals surface area contributed by atoms with Crippen LogP contribution in [0, 0.1) is 5.41 Å². The fourth-order valence-electron chi connectivity index (χ4n) is 3.33. The molecule has 3 rings (SSSR count). The molecule has 1 aromatic rings. The summed E-state index contributed by atoms with van der Waals surface area (Å²) in [7, 11) is 1.80. The second kappa shape index (κ2) is 4.62. The highest BCUT2D eigenvalue weighted by atomic mass is 35.5. The lowest BCUT2D eigenvalue weighted by atomic mass is 9.60. The average Bonchev–Trinajstić information content (AvgIpc) is 2.37. The van der Waals surface area contributed by atoms with Crippen LogP contribution in [0.15, 0.2) is 30.0 Å². The fraction of sp³-hybridized carbons (Fsp3) is 0.500. The van der Waals surface area contributed by atoms with Crippen LogP contribution in [0.2, 0.25) is 5.02 Å². The normalized spacial score (nSPS) is 21.9. The molecule has 2 aliphatic rings. The van der Waals surface area contributed by atoms with Gasteiger partial charge >= 0.3 is 0 Å². The van der Waals surface area contributed by atoms with Gasteiger partial charge < -0.3 is 4.74 Å². The second-order valence-electron chi connectivity index (χ2n) is 5.64. The summed E-state index contributed by atoms with van der Waals surface area (Å²) in [6.07, 6.45) is 7.75. The Bertz CT molecular complexity index is 468. The summed E-state index contributed by atoms with van der Waals surface area (Å²) >= 11 is 5.97. The van der Waals surface area contributed by atoms with Gasteiger partial charge in [-0.1, -0.05) is 30.2 Å². The molecule has 1 saturated carbocycles. The Kier molecular flexibility index (Phi) is 3.11. The minimum Gasteiger partial charge on any atom is -0.501 e. The number of rotatable bonds is 2. The SMILES string of the molecule is COC1=C(c2ccc(Cl)cc2)CC2(CCC2)CC1. The van der Waals surface area contributed by atoms with Crippen LogP contribution in [0.1, 0.15) is 44.1 Å². The van der Waals surface area contributed by atoms with Crippen LogP contribution >= 0.6 is 11.6 Å². The molecule has 0 amide bonds. The summed E-state index contributed by atoms with van der Waals surface area (Å²) in [5, 5.41) is 0.799. The van der Waals surface area contributed by atoms with E-state index in [2.05, 4.69) is 12.1 Å². The molecule has 18 heavy (non-hydrogen) atoms. The zero-order chi connectivity index (χ0) is 12.6. The number of hydrogen-bond donors (Lipinski definition) is 0. The van der Waals surface area contributed by atoms with E-state index < -0.39 is 0 Å². The molecule has 0 unspecified atom stereocenters. The van der Waals surface area contributed by atoms with Crippen LogP contribution < -0.4 is 0 Å². The maximum atomic E-state index is 5.97. The van der Waals surface area contributed by atoms with Crippen LogP contribution in [-0.4, -0.2) is 7.11 Å². The monoisotopic (exact) mass is 262 g/mol. The lowest BCUT2D eigenvalue weighted by Gasteiger charge is -2.46. The van der Waals surface area contributed by atoms with Crippen molar-refractivity contribution in [1.82, 2.24) is 0 Å². The van der Waals surface area contributed by atoms with Crippen molar-refractivity contribution in [3.63, 3.8) is 0 Å². The molecule has 0 heterocycles. The van der Waals surface area contributed by atoms with E-state index in [1.54, 1.807) is 7.11 Å². The molecule has 1 fully saturated rings. The number of ether oxygens (including phenoxy) is 1. The van der Waals surface area contributed by atoms with E-state index in [-0.39, 0.29) is 0 Å². The van der Waals surface area contributed by atoms with Crippen molar-refractivity contribution in [3.05, 3.63) is 40.6 Å². The summed E-state index contributed by atoms with van der Waals surface area (Å²) < 4.78 is 5.60. The first kappa shape index (κ1) is 12.1. The number of methoxy groups -OCH3 is 1. The highest BCUT2D eigenvalue weighted by Crippen LogP contribution is 2.54. The van der Waals surface area contributed by atoms with E-state index in [1.807, 2.05) is 12.1 Å². The number of hydrogen-bond acceptors (Lipinski definition) is 1. The topological polar surface area (TPSA) is 9.23 Å². The molecular formula is C16H19ClO. The molecule has 1 spiro atoms. The maximum Gasteiger partial charge on any atom is 0.0993 e. The predicted octanol–water partition coefficient (Wildman–Crippen LogP) is 5.05. The van der Waals surface area contributed by atoms with E-state index in [0.29, 0.717) is 5.41 Å². The minimum atomic E-state index is 0.580. The van der Waals surface area contributed by atoms with E-state index in [4.69, 9.17) is 16.3 Å². The quantitative estimate of drug-likeness (QED) is 0.725. The molecule has 0 aliphatic heterocycles. The lowest BCUT2D eigenvalue weighted by molar-refractivity contribution is 0.105. The maximum absolute atomic E-state index is 5.97. The Balaban J connectivity index is 1.94. The van der Waals surface area contributed by atoms with E-state index in [1.165, 1.54) is 49.0 Å². The van der Waals surface area contributed by atoms with E-state index in [0.717, 1.165) is 11.4 Å². The van der Waals surface area contributed by atoms with E-state index >= 15 is 0 Å². The van der Waals surface area contributed by atoms with Gasteiger partial charge in [0.25, 0.3) is 0 Å². The molecule has 2 heteroatoms. The highest BCUT2D eigenvalue weighted by molar-refractivity contribution is 6.30.